The number of amides is 2. The van der Waals surface area contributed by atoms with Crippen LogP contribution in [-0.2, 0) is 4.79 Å². The van der Waals surface area contributed by atoms with Gasteiger partial charge in [0, 0.05) is 22.5 Å². The average molecular weight is 380 g/mol. The Morgan fingerprint density at radius 3 is 2.55 bits per heavy atom. The van der Waals surface area contributed by atoms with E-state index in [1.54, 1.807) is 37.4 Å². The quantitative estimate of drug-likeness (QED) is 0.614. The number of nitrogens with zero attached hydrogens (tertiary/aromatic N) is 1. The van der Waals surface area contributed by atoms with Crippen molar-refractivity contribution in [2.45, 2.75) is 13.3 Å². The standard InChI is InChI=1S/C15H14BrN3O2S/c1-2-14(20)18-11-5-3-10(4-6-11)15(21)19-17-9-12-7-8-13(16)22-12/h3-9H,2H2,1H3,(H,18,20)(H,19,21)/b17-9+. The van der Waals surface area contributed by atoms with Crippen molar-refractivity contribution in [3.05, 3.63) is 50.6 Å². The minimum Gasteiger partial charge on any atom is -0.326 e. The third kappa shape index (κ3) is 4.78. The van der Waals surface area contributed by atoms with Crippen molar-refractivity contribution in [3.8, 4) is 0 Å². The molecule has 0 bridgehead atoms. The number of hydrogen-bond donors (Lipinski definition) is 2. The van der Waals surface area contributed by atoms with E-state index in [2.05, 4.69) is 31.8 Å². The number of halogens is 1. The number of benzene rings is 1. The molecule has 7 heteroatoms. The van der Waals surface area contributed by atoms with Gasteiger partial charge < -0.3 is 5.32 Å². The number of nitrogens with one attached hydrogen (secondary N) is 2. The fourth-order valence-corrected chi connectivity index (χ4v) is 2.87. The molecule has 5 nitrogen and oxygen atoms in total. The highest BCUT2D eigenvalue weighted by Gasteiger charge is 2.05. The Morgan fingerprint density at radius 2 is 1.95 bits per heavy atom. The number of anilines is 1. The lowest BCUT2D eigenvalue weighted by atomic mass is 10.2. The van der Waals surface area contributed by atoms with E-state index in [1.165, 1.54) is 11.3 Å². The summed E-state index contributed by atoms with van der Waals surface area (Å²) in [5.41, 5.74) is 3.60. The topological polar surface area (TPSA) is 70.6 Å². The number of carbonyl (C=O) groups is 2. The van der Waals surface area contributed by atoms with Gasteiger partial charge in [-0.25, -0.2) is 5.43 Å². The molecule has 22 heavy (non-hydrogen) atoms. The number of hydrazone groups is 1. The first kappa shape index (κ1) is 16.4. The third-order valence-corrected chi connectivity index (χ3v) is 4.26. The summed E-state index contributed by atoms with van der Waals surface area (Å²) in [6.07, 6.45) is 2.00. The van der Waals surface area contributed by atoms with Crippen LogP contribution in [0.25, 0.3) is 0 Å². The predicted molar refractivity (Wildman–Crippen MR) is 92.4 cm³/mol. The van der Waals surface area contributed by atoms with Crippen molar-refractivity contribution >= 4 is 51.0 Å². The Labute approximate surface area is 140 Å². The predicted octanol–water partition coefficient (Wildman–Crippen LogP) is 3.62. The summed E-state index contributed by atoms with van der Waals surface area (Å²) >= 11 is 4.88. The maximum Gasteiger partial charge on any atom is 0.271 e. The Balaban J connectivity index is 1.92. The van der Waals surface area contributed by atoms with E-state index < -0.39 is 0 Å². The number of hydrogen-bond acceptors (Lipinski definition) is 4. The molecule has 0 aliphatic carbocycles. The van der Waals surface area contributed by atoms with E-state index in [1.807, 2.05) is 12.1 Å². The van der Waals surface area contributed by atoms with E-state index in [9.17, 15) is 9.59 Å². The molecule has 0 unspecified atom stereocenters. The van der Waals surface area contributed by atoms with Gasteiger partial charge in [0.2, 0.25) is 5.91 Å². The summed E-state index contributed by atoms with van der Waals surface area (Å²) in [6, 6.07) is 10.5. The van der Waals surface area contributed by atoms with Crippen molar-refractivity contribution < 1.29 is 9.59 Å². The summed E-state index contributed by atoms with van der Waals surface area (Å²) in [5.74, 6) is -0.371. The van der Waals surface area contributed by atoms with Crippen LogP contribution in [0, 0.1) is 0 Å². The Morgan fingerprint density at radius 1 is 1.23 bits per heavy atom. The molecule has 1 heterocycles. The maximum absolute atomic E-state index is 11.9. The maximum atomic E-state index is 11.9. The van der Waals surface area contributed by atoms with Gasteiger partial charge in [0.05, 0.1) is 10.0 Å². The van der Waals surface area contributed by atoms with Gasteiger partial charge in [-0.15, -0.1) is 11.3 Å². The minimum atomic E-state index is -0.305. The van der Waals surface area contributed by atoms with E-state index in [0.717, 1.165) is 8.66 Å². The van der Waals surface area contributed by atoms with Gasteiger partial charge in [0.15, 0.2) is 0 Å². The van der Waals surface area contributed by atoms with Crippen LogP contribution in [0.4, 0.5) is 5.69 Å². The van der Waals surface area contributed by atoms with Crippen LogP contribution in [0.15, 0.2) is 45.3 Å². The van der Waals surface area contributed by atoms with Crippen LogP contribution >= 0.6 is 27.3 Å². The molecule has 0 atom stereocenters. The molecule has 0 saturated carbocycles. The lowest BCUT2D eigenvalue weighted by molar-refractivity contribution is -0.115. The Hall–Kier alpha value is -1.99. The normalized spacial score (nSPS) is 10.6. The third-order valence-electron chi connectivity index (χ3n) is 2.70. The van der Waals surface area contributed by atoms with Crippen LogP contribution in [0.3, 0.4) is 0 Å². The fourth-order valence-electron chi connectivity index (χ4n) is 1.57. The molecule has 0 fully saturated rings. The molecule has 0 spiro atoms. The first-order valence-corrected chi connectivity index (χ1v) is 8.18. The van der Waals surface area contributed by atoms with Crippen LogP contribution in [0.2, 0.25) is 0 Å². The highest BCUT2D eigenvalue weighted by molar-refractivity contribution is 9.11. The van der Waals surface area contributed by atoms with Gasteiger partial charge in [0.1, 0.15) is 0 Å². The SMILES string of the molecule is CCC(=O)Nc1ccc(C(=O)N/N=C/c2ccc(Br)s2)cc1. The summed E-state index contributed by atoms with van der Waals surface area (Å²) < 4.78 is 1.00. The van der Waals surface area contributed by atoms with E-state index >= 15 is 0 Å². The summed E-state index contributed by atoms with van der Waals surface area (Å²) in [7, 11) is 0. The molecule has 2 amide bonds. The zero-order chi connectivity index (χ0) is 15.9. The zero-order valence-corrected chi connectivity index (χ0v) is 14.2. The largest absolute Gasteiger partial charge is 0.326 e. The molecule has 1 aromatic carbocycles. The van der Waals surface area contributed by atoms with Crippen molar-refractivity contribution in [2.75, 3.05) is 5.32 Å². The van der Waals surface area contributed by atoms with E-state index in [-0.39, 0.29) is 11.8 Å². The molecular weight excluding hydrogens is 366 g/mol. The lowest BCUT2D eigenvalue weighted by Crippen LogP contribution is -2.17. The van der Waals surface area contributed by atoms with Gasteiger partial charge in [-0.05, 0) is 52.3 Å². The molecular formula is C15H14BrN3O2S. The monoisotopic (exact) mass is 379 g/mol. The van der Waals surface area contributed by atoms with Gasteiger partial charge in [0.25, 0.3) is 5.91 Å². The van der Waals surface area contributed by atoms with Crippen molar-refractivity contribution in [1.29, 1.82) is 0 Å². The van der Waals surface area contributed by atoms with E-state index in [0.29, 0.717) is 17.7 Å². The van der Waals surface area contributed by atoms with Gasteiger partial charge >= 0.3 is 0 Å². The number of thiophene rings is 1. The minimum absolute atomic E-state index is 0.0658. The lowest BCUT2D eigenvalue weighted by Gasteiger charge is -2.04. The fraction of sp³-hybridized carbons (Fsp3) is 0.133. The van der Waals surface area contributed by atoms with Gasteiger partial charge in [-0.3, -0.25) is 9.59 Å². The molecule has 1 aromatic heterocycles. The summed E-state index contributed by atoms with van der Waals surface area (Å²) in [6.45, 7) is 1.78. The molecule has 0 aliphatic heterocycles. The number of carbonyl (C=O) groups excluding carboxylic acids is 2. The van der Waals surface area contributed by atoms with E-state index in [4.69, 9.17) is 0 Å². The van der Waals surface area contributed by atoms with Crippen LogP contribution in [0.1, 0.15) is 28.6 Å². The highest BCUT2D eigenvalue weighted by Crippen LogP contribution is 2.20. The second kappa shape index (κ2) is 7.86. The smallest absolute Gasteiger partial charge is 0.271 e. The Kier molecular flexibility index (Phi) is 5.85. The van der Waals surface area contributed by atoms with Gasteiger partial charge in [-0.2, -0.15) is 5.10 Å². The van der Waals surface area contributed by atoms with Crippen LogP contribution < -0.4 is 10.7 Å². The molecule has 2 rings (SSSR count). The van der Waals surface area contributed by atoms with Crippen molar-refractivity contribution in [3.63, 3.8) is 0 Å². The van der Waals surface area contributed by atoms with Crippen molar-refractivity contribution in [2.24, 2.45) is 5.10 Å². The first-order chi connectivity index (χ1) is 10.6. The molecule has 0 radical (unpaired) electrons. The molecule has 0 saturated heterocycles. The van der Waals surface area contributed by atoms with Gasteiger partial charge in [-0.1, -0.05) is 6.92 Å². The zero-order valence-electron chi connectivity index (χ0n) is 11.8. The summed E-state index contributed by atoms with van der Waals surface area (Å²) in [5, 5.41) is 6.63. The highest BCUT2D eigenvalue weighted by atomic mass is 79.9. The summed E-state index contributed by atoms with van der Waals surface area (Å²) in [4.78, 5) is 24.1. The molecule has 0 aliphatic rings. The molecule has 114 valence electrons. The number of rotatable bonds is 5. The Bertz CT molecular complexity index is 695. The molecule has 2 aromatic rings. The average Bonchev–Trinajstić information content (AvgIpc) is 2.93. The molecule has 2 N–H and O–H groups in total. The second-order valence-corrected chi connectivity index (χ2v) is 6.81. The second-order valence-electron chi connectivity index (χ2n) is 4.32. The first-order valence-electron chi connectivity index (χ1n) is 6.57. The van der Waals surface area contributed by atoms with Crippen molar-refractivity contribution in [1.82, 2.24) is 5.43 Å². The van der Waals surface area contributed by atoms with Crippen LogP contribution in [0.5, 0.6) is 0 Å². The van der Waals surface area contributed by atoms with Crippen LogP contribution in [-0.4, -0.2) is 18.0 Å².